The number of hydrogen-bond donors (Lipinski definition) is 1. The molecule has 1 N–H and O–H groups in total. The highest BCUT2D eigenvalue weighted by Gasteiger charge is 2.16. The van der Waals surface area contributed by atoms with E-state index >= 15 is 0 Å². The molecule has 0 aliphatic carbocycles. The van der Waals surface area contributed by atoms with E-state index in [4.69, 9.17) is 9.47 Å². The van der Waals surface area contributed by atoms with Gasteiger partial charge in [0.2, 0.25) is 0 Å². The van der Waals surface area contributed by atoms with Gasteiger partial charge in [0.05, 0.1) is 6.61 Å². The monoisotopic (exact) mass is 540 g/mol. The molecule has 0 aliphatic rings. The summed E-state index contributed by atoms with van der Waals surface area (Å²) >= 11 is 0. The Hall–Kier alpha value is -1.10. The van der Waals surface area contributed by atoms with Crippen molar-refractivity contribution in [1.29, 1.82) is 0 Å². The summed E-state index contributed by atoms with van der Waals surface area (Å²) in [5.74, 6) is -0.583. The lowest BCUT2D eigenvalue weighted by Crippen LogP contribution is -2.28. The molecule has 0 unspecified atom stereocenters. The zero-order chi connectivity index (χ0) is 27.9. The summed E-state index contributed by atoms with van der Waals surface area (Å²) < 4.78 is 10.5. The van der Waals surface area contributed by atoms with Gasteiger partial charge in [0.25, 0.3) is 0 Å². The van der Waals surface area contributed by atoms with Gasteiger partial charge in [-0.3, -0.25) is 9.59 Å². The van der Waals surface area contributed by atoms with Gasteiger partial charge in [-0.1, -0.05) is 155 Å². The molecule has 0 bridgehead atoms. The van der Waals surface area contributed by atoms with Crippen molar-refractivity contribution in [3.05, 3.63) is 0 Å². The molecule has 0 aromatic rings. The predicted molar refractivity (Wildman–Crippen MR) is 159 cm³/mol. The molecule has 0 radical (unpaired) electrons. The molecule has 0 rings (SSSR count). The van der Waals surface area contributed by atoms with Crippen molar-refractivity contribution < 1.29 is 24.2 Å². The molecule has 1 atom stereocenters. The van der Waals surface area contributed by atoms with Crippen molar-refractivity contribution in [1.82, 2.24) is 0 Å². The highest BCUT2D eigenvalue weighted by molar-refractivity contribution is 5.70. The number of aliphatic hydroxyl groups is 1. The van der Waals surface area contributed by atoms with Crippen molar-refractivity contribution in [2.75, 3.05) is 13.2 Å². The molecule has 0 saturated heterocycles. The minimum atomic E-state index is -0.759. The average molecular weight is 541 g/mol. The minimum absolute atomic E-state index is 0.0578. The standard InChI is InChI=1S/C33H64O5/c1-3-5-7-9-11-13-15-16-18-19-21-23-25-27-32(35)37-30-31(29-34)38-33(36)28-26-24-22-20-17-14-12-10-8-6-4-2/h31,34H,3-30H2,1-2H3/t31-/m0/s1. The Balaban J connectivity index is 3.54. The molecule has 0 fully saturated rings. The van der Waals surface area contributed by atoms with E-state index in [0.717, 1.165) is 32.1 Å². The van der Waals surface area contributed by atoms with E-state index in [-0.39, 0.29) is 25.2 Å². The minimum Gasteiger partial charge on any atom is -0.462 e. The summed E-state index contributed by atoms with van der Waals surface area (Å²) in [7, 11) is 0. The molecule has 5 nitrogen and oxygen atoms in total. The van der Waals surface area contributed by atoms with Gasteiger partial charge in [-0.25, -0.2) is 0 Å². The fraction of sp³-hybridized carbons (Fsp3) is 0.939. The van der Waals surface area contributed by atoms with Gasteiger partial charge in [-0.05, 0) is 12.8 Å². The van der Waals surface area contributed by atoms with Crippen LogP contribution in [0.5, 0.6) is 0 Å². The topological polar surface area (TPSA) is 72.8 Å². The van der Waals surface area contributed by atoms with Gasteiger partial charge in [0.1, 0.15) is 6.61 Å². The highest BCUT2D eigenvalue weighted by Crippen LogP contribution is 2.14. The third-order valence-electron chi connectivity index (χ3n) is 7.40. The van der Waals surface area contributed by atoms with Gasteiger partial charge in [0, 0.05) is 12.8 Å². The second kappa shape index (κ2) is 30.4. The van der Waals surface area contributed by atoms with Crippen LogP contribution < -0.4 is 0 Å². The molecule has 0 aromatic heterocycles. The maximum absolute atomic E-state index is 12.1. The quantitative estimate of drug-likeness (QED) is 0.0725. The van der Waals surface area contributed by atoms with Crippen molar-refractivity contribution in [3.8, 4) is 0 Å². The number of unbranched alkanes of at least 4 members (excludes halogenated alkanes) is 22. The number of carbonyl (C=O) groups excluding carboxylic acids is 2. The van der Waals surface area contributed by atoms with Crippen LogP contribution in [0.4, 0.5) is 0 Å². The lowest BCUT2D eigenvalue weighted by molar-refractivity contribution is -0.161. The molecule has 0 saturated carbocycles. The molecule has 38 heavy (non-hydrogen) atoms. The van der Waals surface area contributed by atoms with Crippen LogP contribution in [0.3, 0.4) is 0 Å². The van der Waals surface area contributed by atoms with Crippen LogP contribution in [-0.4, -0.2) is 36.4 Å². The van der Waals surface area contributed by atoms with E-state index in [1.807, 2.05) is 0 Å². The Bertz CT molecular complexity index is 508. The zero-order valence-electron chi connectivity index (χ0n) is 25.5. The Morgan fingerprint density at radius 3 is 1.16 bits per heavy atom. The molecule has 0 heterocycles. The van der Waals surface area contributed by atoms with Gasteiger partial charge in [-0.15, -0.1) is 0 Å². The van der Waals surface area contributed by atoms with Crippen LogP contribution in [0.25, 0.3) is 0 Å². The van der Waals surface area contributed by atoms with Gasteiger partial charge in [0.15, 0.2) is 6.10 Å². The fourth-order valence-electron chi connectivity index (χ4n) is 4.85. The molecule has 0 aliphatic heterocycles. The molecular formula is C33H64O5. The second-order valence-corrected chi connectivity index (χ2v) is 11.3. The fourth-order valence-corrected chi connectivity index (χ4v) is 4.85. The zero-order valence-corrected chi connectivity index (χ0v) is 25.5. The Kier molecular flexibility index (Phi) is 29.6. The molecule has 0 aromatic carbocycles. The van der Waals surface area contributed by atoms with Crippen LogP contribution in [-0.2, 0) is 19.1 Å². The Morgan fingerprint density at radius 1 is 0.500 bits per heavy atom. The van der Waals surface area contributed by atoms with Gasteiger partial charge in [-0.2, -0.15) is 0 Å². The first-order chi connectivity index (χ1) is 18.6. The maximum atomic E-state index is 12.1. The predicted octanol–water partition coefficient (Wildman–Crippen LogP) is 9.62. The molecular weight excluding hydrogens is 476 g/mol. The van der Waals surface area contributed by atoms with E-state index in [1.165, 1.54) is 122 Å². The number of carbonyl (C=O) groups is 2. The normalized spacial score (nSPS) is 12.0. The van der Waals surface area contributed by atoms with Crippen molar-refractivity contribution >= 4 is 11.9 Å². The first-order valence-corrected chi connectivity index (χ1v) is 16.6. The first-order valence-electron chi connectivity index (χ1n) is 16.6. The van der Waals surface area contributed by atoms with E-state index < -0.39 is 6.10 Å². The van der Waals surface area contributed by atoms with Crippen LogP contribution >= 0.6 is 0 Å². The molecule has 226 valence electrons. The van der Waals surface area contributed by atoms with E-state index in [1.54, 1.807) is 0 Å². The van der Waals surface area contributed by atoms with Crippen LogP contribution in [0.1, 0.15) is 181 Å². The number of aliphatic hydroxyl groups excluding tert-OH is 1. The summed E-state index contributed by atoms with van der Waals surface area (Å²) in [5.41, 5.74) is 0. The van der Waals surface area contributed by atoms with Crippen molar-refractivity contribution in [2.24, 2.45) is 0 Å². The van der Waals surface area contributed by atoms with Crippen molar-refractivity contribution in [3.63, 3.8) is 0 Å². The number of rotatable bonds is 30. The molecule has 5 heteroatoms. The second-order valence-electron chi connectivity index (χ2n) is 11.3. The van der Waals surface area contributed by atoms with E-state index in [0.29, 0.717) is 12.8 Å². The van der Waals surface area contributed by atoms with Gasteiger partial charge < -0.3 is 14.6 Å². The van der Waals surface area contributed by atoms with Crippen molar-refractivity contribution in [2.45, 2.75) is 187 Å². The SMILES string of the molecule is CCCCCCCCCCCCCCCC(=O)OC[C@H](CO)OC(=O)CCCCCCCCCCCCC. The smallest absolute Gasteiger partial charge is 0.306 e. The highest BCUT2D eigenvalue weighted by atomic mass is 16.6. The van der Waals surface area contributed by atoms with E-state index in [9.17, 15) is 14.7 Å². The Morgan fingerprint density at radius 2 is 0.816 bits per heavy atom. The number of esters is 2. The summed E-state index contributed by atoms with van der Waals surface area (Å²) in [5, 5.41) is 9.48. The van der Waals surface area contributed by atoms with Crippen LogP contribution in [0.15, 0.2) is 0 Å². The average Bonchev–Trinajstić information content (AvgIpc) is 2.92. The number of ether oxygens (including phenoxy) is 2. The number of hydrogen-bond acceptors (Lipinski definition) is 5. The first kappa shape index (κ1) is 36.9. The van der Waals surface area contributed by atoms with E-state index in [2.05, 4.69) is 13.8 Å². The summed E-state index contributed by atoms with van der Waals surface area (Å²) in [6.45, 7) is 4.12. The summed E-state index contributed by atoms with van der Waals surface area (Å²) in [4.78, 5) is 24.0. The van der Waals surface area contributed by atoms with Gasteiger partial charge >= 0.3 is 11.9 Å². The Labute approximate surface area is 236 Å². The lowest BCUT2D eigenvalue weighted by Gasteiger charge is -2.15. The molecule has 0 spiro atoms. The van der Waals surface area contributed by atoms with Crippen LogP contribution in [0.2, 0.25) is 0 Å². The maximum Gasteiger partial charge on any atom is 0.306 e. The summed E-state index contributed by atoms with van der Waals surface area (Å²) in [6.07, 6.45) is 30.1. The lowest BCUT2D eigenvalue weighted by atomic mass is 10.0. The third kappa shape index (κ3) is 27.9. The summed E-state index contributed by atoms with van der Waals surface area (Å²) in [6, 6.07) is 0. The van der Waals surface area contributed by atoms with Crippen LogP contribution in [0, 0.1) is 0 Å². The largest absolute Gasteiger partial charge is 0.462 e. The molecule has 0 amide bonds. The third-order valence-corrected chi connectivity index (χ3v) is 7.40.